The molecule has 0 aromatic rings. The van der Waals surface area contributed by atoms with E-state index in [0.29, 0.717) is 0 Å². The van der Waals surface area contributed by atoms with Gasteiger partial charge in [-0.05, 0) is 13.8 Å². The van der Waals surface area contributed by atoms with Crippen LogP contribution in [0.25, 0.3) is 0 Å². The van der Waals surface area contributed by atoms with Gasteiger partial charge in [0.25, 0.3) is 0 Å². The highest BCUT2D eigenvalue weighted by Crippen LogP contribution is 2.41. The standard InChI is InChI=1S/C15H21NO9/c1-3-22-12(18)5-6-15(16(20)21,14(19)23-4-2)9-7-10(17)13-24-8-11(9)25-13/h9,11,13H,3-8H2,1-2H3/t9-,11+,13+,15?/m0/s1. The monoisotopic (exact) mass is 359 g/mol. The Morgan fingerprint density at radius 1 is 1.32 bits per heavy atom. The van der Waals surface area contributed by atoms with Crippen molar-refractivity contribution in [1.29, 1.82) is 0 Å². The number of hydrogen-bond acceptors (Lipinski definition) is 9. The number of Topliss-reactive ketones (excluding diaryl/α,β-unsaturated/α-hetero) is 1. The number of fused-ring (bicyclic) bond motifs is 2. The van der Waals surface area contributed by atoms with Gasteiger partial charge in [0.05, 0.1) is 38.3 Å². The summed E-state index contributed by atoms with van der Waals surface area (Å²) < 4.78 is 20.2. The number of carbonyl (C=O) groups excluding carboxylic acids is 3. The summed E-state index contributed by atoms with van der Waals surface area (Å²) >= 11 is 0. The summed E-state index contributed by atoms with van der Waals surface area (Å²) in [5.41, 5.74) is -2.28. The Hall–Kier alpha value is -2.07. The molecule has 2 bridgehead atoms. The van der Waals surface area contributed by atoms with E-state index in [1.54, 1.807) is 6.92 Å². The van der Waals surface area contributed by atoms with Crippen LogP contribution in [0, 0.1) is 16.0 Å². The van der Waals surface area contributed by atoms with Gasteiger partial charge in [0.15, 0.2) is 5.78 Å². The first-order valence-corrected chi connectivity index (χ1v) is 8.13. The molecule has 2 heterocycles. The fraction of sp³-hybridized carbons (Fsp3) is 0.800. The molecular weight excluding hydrogens is 338 g/mol. The van der Waals surface area contributed by atoms with Crippen LogP contribution in [0.15, 0.2) is 0 Å². The fourth-order valence-electron chi connectivity index (χ4n) is 3.24. The van der Waals surface area contributed by atoms with Gasteiger partial charge in [-0.1, -0.05) is 0 Å². The van der Waals surface area contributed by atoms with Gasteiger partial charge < -0.3 is 18.9 Å². The molecule has 0 aromatic heterocycles. The summed E-state index contributed by atoms with van der Waals surface area (Å²) in [7, 11) is 0. The average molecular weight is 359 g/mol. The minimum Gasteiger partial charge on any atom is -0.466 e. The molecule has 140 valence electrons. The number of hydrogen-bond donors (Lipinski definition) is 0. The smallest absolute Gasteiger partial charge is 0.385 e. The van der Waals surface area contributed by atoms with Crippen molar-refractivity contribution in [2.45, 2.75) is 51.0 Å². The molecule has 0 aliphatic carbocycles. The van der Waals surface area contributed by atoms with E-state index in [9.17, 15) is 24.5 Å². The third-order valence-electron chi connectivity index (χ3n) is 4.43. The molecule has 2 fully saturated rings. The molecular formula is C15H21NO9. The van der Waals surface area contributed by atoms with E-state index >= 15 is 0 Å². The van der Waals surface area contributed by atoms with Gasteiger partial charge in [-0.2, -0.15) is 0 Å². The largest absolute Gasteiger partial charge is 0.466 e. The molecule has 2 aliphatic rings. The van der Waals surface area contributed by atoms with Crippen molar-refractivity contribution < 1.29 is 38.3 Å². The number of ether oxygens (including phenoxy) is 4. The third-order valence-corrected chi connectivity index (χ3v) is 4.43. The number of ketones is 1. The van der Waals surface area contributed by atoms with Gasteiger partial charge in [-0.25, -0.2) is 4.79 Å². The minimum atomic E-state index is -2.28. The van der Waals surface area contributed by atoms with E-state index < -0.39 is 52.9 Å². The van der Waals surface area contributed by atoms with Crippen LogP contribution in [0.1, 0.15) is 33.1 Å². The first-order valence-electron chi connectivity index (χ1n) is 8.13. The number of rotatable bonds is 8. The predicted octanol–water partition coefficient (Wildman–Crippen LogP) is 0.239. The van der Waals surface area contributed by atoms with Crippen LogP contribution in [0.4, 0.5) is 0 Å². The van der Waals surface area contributed by atoms with Crippen molar-refractivity contribution in [3.8, 4) is 0 Å². The van der Waals surface area contributed by atoms with Gasteiger partial charge in [-0.15, -0.1) is 0 Å². The van der Waals surface area contributed by atoms with Crippen molar-refractivity contribution in [3.63, 3.8) is 0 Å². The molecule has 0 aromatic carbocycles. The molecule has 0 radical (unpaired) electrons. The van der Waals surface area contributed by atoms with Gasteiger partial charge in [-0.3, -0.25) is 19.7 Å². The molecule has 4 atom stereocenters. The lowest BCUT2D eigenvalue weighted by atomic mass is 9.74. The predicted molar refractivity (Wildman–Crippen MR) is 80.0 cm³/mol. The van der Waals surface area contributed by atoms with Crippen LogP contribution in [-0.2, 0) is 33.3 Å². The zero-order valence-electron chi connectivity index (χ0n) is 14.1. The average Bonchev–Trinajstić information content (AvgIpc) is 2.98. The van der Waals surface area contributed by atoms with Crippen LogP contribution in [0.3, 0.4) is 0 Å². The Kier molecular flexibility index (Phi) is 6.07. The molecule has 0 spiro atoms. The van der Waals surface area contributed by atoms with Crippen molar-refractivity contribution in [1.82, 2.24) is 0 Å². The zero-order chi connectivity index (χ0) is 18.6. The summed E-state index contributed by atoms with van der Waals surface area (Å²) in [4.78, 5) is 47.4. The molecule has 0 amide bonds. The van der Waals surface area contributed by atoms with Crippen molar-refractivity contribution in [3.05, 3.63) is 10.1 Å². The van der Waals surface area contributed by atoms with Crippen molar-refractivity contribution >= 4 is 17.7 Å². The molecule has 2 rings (SSSR count). The molecule has 25 heavy (non-hydrogen) atoms. The number of nitro groups is 1. The summed E-state index contributed by atoms with van der Waals surface area (Å²) in [6.07, 6.45) is -2.88. The van der Waals surface area contributed by atoms with Gasteiger partial charge >= 0.3 is 17.5 Å². The van der Waals surface area contributed by atoms with Crippen molar-refractivity contribution in [2.24, 2.45) is 5.92 Å². The Morgan fingerprint density at radius 2 is 2.00 bits per heavy atom. The molecule has 2 saturated heterocycles. The first kappa shape index (κ1) is 19.3. The first-order chi connectivity index (χ1) is 11.9. The SMILES string of the molecule is CCOC(=O)CCC(C(=O)OCC)([C@H]1CC(=O)[C@@H]2OC[C@H]1O2)[N+](=O)[O-]. The summed E-state index contributed by atoms with van der Waals surface area (Å²) in [5.74, 6) is -3.30. The lowest BCUT2D eigenvalue weighted by Gasteiger charge is -2.35. The minimum absolute atomic E-state index is 0.0323. The molecule has 10 nitrogen and oxygen atoms in total. The van der Waals surface area contributed by atoms with Crippen LogP contribution in [-0.4, -0.2) is 60.4 Å². The molecule has 0 saturated carbocycles. The van der Waals surface area contributed by atoms with Gasteiger partial charge in [0.1, 0.15) is 0 Å². The lowest BCUT2D eigenvalue weighted by Crippen LogP contribution is -2.59. The Balaban J connectivity index is 2.35. The zero-order valence-corrected chi connectivity index (χ0v) is 14.1. The molecule has 1 unspecified atom stereocenters. The van der Waals surface area contributed by atoms with E-state index in [0.717, 1.165) is 0 Å². The number of esters is 2. The second-order valence-corrected chi connectivity index (χ2v) is 5.82. The summed E-state index contributed by atoms with van der Waals surface area (Å²) in [6, 6.07) is 0. The summed E-state index contributed by atoms with van der Waals surface area (Å²) in [6.45, 7) is 3.14. The van der Waals surface area contributed by atoms with E-state index in [1.807, 2.05) is 0 Å². The fourth-order valence-corrected chi connectivity index (χ4v) is 3.24. The normalized spacial score (nSPS) is 27.4. The van der Waals surface area contributed by atoms with Crippen LogP contribution < -0.4 is 0 Å². The van der Waals surface area contributed by atoms with E-state index in [-0.39, 0.29) is 32.7 Å². The van der Waals surface area contributed by atoms with Gasteiger partial charge in [0.2, 0.25) is 6.29 Å². The van der Waals surface area contributed by atoms with Gasteiger partial charge in [0, 0.05) is 17.8 Å². The maximum Gasteiger partial charge on any atom is 0.385 e. The number of nitrogens with zero attached hydrogens (tertiary/aromatic N) is 1. The Labute approximate surface area is 143 Å². The van der Waals surface area contributed by atoms with Crippen LogP contribution >= 0.6 is 0 Å². The second kappa shape index (κ2) is 7.87. The highest BCUT2D eigenvalue weighted by Gasteiger charge is 2.65. The third kappa shape index (κ3) is 3.64. The Bertz CT molecular complexity index is 563. The van der Waals surface area contributed by atoms with E-state index in [1.165, 1.54) is 6.92 Å². The topological polar surface area (TPSA) is 131 Å². The highest BCUT2D eigenvalue weighted by molar-refractivity contribution is 5.86. The maximum absolute atomic E-state index is 12.5. The second-order valence-electron chi connectivity index (χ2n) is 5.82. The Morgan fingerprint density at radius 3 is 2.60 bits per heavy atom. The lowest BCUT2D eigenvalue weighted by molar-refractivity contribution is -0.570. The van der Waals surface area contributed by atoms with Crippen LogP contribution in [0.2, 0.25) is 0 Å². The molecule has 0 N–H and O–H groups in total. The molecule has 10 heteroatoms. The van der Waals surface area contributed by atoms with Crippen LogP contribution in [0.5, 0.6) is 0 Å². The van der Waals surface area contributed by atoms with E-state index in [2.05, 4.69) is 0 Å². The highest BCUT2D eigenvalue weighted by atomic mass is 16.7. The maximum atomic E-state index is 12.5. The summed E-state index contributed by atoms with van der Waals surface area (Å²) in [5, 5.41) is 11.9. The van der Waals surface area contributed by atoms with E-state index in [4.69, 9.17) is 18.9 Å². The number of carbonyl (C=O) groups is 3. The molecule has 2 aliphatic heterocycles. The quantitative estimate of drug-likeness (QED) is 0.339. The van der Waals surface area contributed by atoms with Crippen molar-refractivity contribution in [2.75, 3.05) is 19.8 Å².